The van der Waals surface area contributed by atoms with Gasteiger partial charge in [0.15, 0.2) is 9.84 Å². The predicted molar refractivity (Wildman–Crippen MR) is 128 cm³/mol. The van der Waals surface area contributed by atoms with Crippen LogP contribution in [0.1, 0.15) is 22.4 Å². The highest BCUT2D eigenvalue weighted by Gasteiger charge is 2.36. The van der Waals surface area contributed by atoms with Crippen LogP contribution in [0.2, 0.25) is 0 Å². The molecule has 12 heteroatoms. The number of carbonyl (C=O) groups is 1. The molecule has 0 spiro atoms. The Labute approximate surface area is 194 Å². The van der Waals surface area contributed by atoms with Gasteiger partial charge in [0, 0.05) is 28.9 Å². The van der Waals surface area contributed by atoms with Crippen LogP contribution < -0.4 is 21.3 Å². The number of pyridine rings is 2. The summed E-state index contributed by atoms with van der Waals surface area (Å²) in [6.45, 7) is 0.358. The molecule has 1 amide bonds. The third-order valence-electron chi connectivity index (χ3n) is 6.24. The largest absolute Gasteiger partial charge is 0.383 e. The predicted octanol–water partition coefficient (Wildman–Crippen LogP) is 1.44. The maximum Gasteiger partial charge on any atom is 0.233 e. The summed E-state index contributed by atoms with van der Waals surface area (Å²) in [5.41, 5.74) is 13.3. The maximum absolute atomic E-state index is 12.9. The van der Waals surface area contributed by atoms with Crippen LogP contribution in [-0.4, -0.2) is 48.9 Å². The lowest BCUT2D eigenvalue weighted by Gasteiger charge is -2.27. The third-order valence-corrected chi connectivity index (χ3v) is 8.85. The quantitative estimate of drug-likeness (QED) is 0.559. The number of nitrogen functional groups attached to an aromatic ring is 2. The van der Waals surface area contributed by atoms with E-state index in [4.69, 9.17) is 11.5 Å². The van der Waals surface area contributed by atoms with Gasteiger partial charge in [-0.3, -0.25) is 9.69 Å². The number of nitrogens with zero attached hydrogens (tertiary/aromatic N) is 5. The number of anilines is 4. The molecule has 4 N–H and O–H groups in total. The van der Waals surface area contributed by atoms with Gasteiger partial charge in [-0.2, -0.15) is 5.26 Å². The van der Waals surface area contributed by atoms with Crippen molar-refractivity contribution in [3.8, 4) is 6.07 Å². The lowest BCUT2D eigenvalue weighted by molar-refractivity contribution is -0.117. The van der Waals surface area contributed by atoms with E-state index in [1.54, 1.807) is 16.8 Å². The van der Waals surface area contributed by atoms with Crippen molar-refractivity contribution in [2.45, 2.75) is 25.4 Å². The van der Waals surface area contributed by atoms with Crippen molar-refractivity contribution < 1.29 is 13.2 Å². The normalized spacial score (nSPS) is 19.1. The summed E-state index contributed by atoms with van der Waals surface area (Å²) in [5, 5.41) is 12.9. The zero-order chi connectivity index (χ0) is 23.5. The van der Waals surface area contributed by atoms with E-state index >= 15 is 0 Å². The van der Waals surface area contributed by atoms with Gasteiger partial charge in [0.25, 0.3) is 0 Å². The Bertz CT molecular complexity index is 1450. The Morgan fingerprint density at radius 3 is 2.70 bits per heavy atom. The molecule has 10 nitrogen and oxygen atoms in total. The van der Waals surface area contributed by atoms with Crippen LogP contribution >= 0.6 is 11.3 Å². The Balaban J connectivity index is 1.70. The first-order valence-corrected chi connectivity index (χ1v) is 13.0. The van der Waals surface area contributed by atoms with Crippen LogP contribution in [-0.2, 0) is 27.6 Å². The van der Waals surface area contributed by atoms with Gasteiger partial charge in [-0.25, -0.2) is 18.4 Å². The summed E-state index contributed by atoms with van der Waals surface area (Å²) in [6, 6.07) is 5.73. The van der Waals surface area contributed by atoms with Crippen molar-refractivity contribution in [1.82, 2.24) is 9.97 Å². The van der Waals surface area contributed by atoms with E-state index in [2.05, 4.69) is 16.0 Å². The van der Waals surface area contributed by atoms with Crippen LogP contribution in [0.3, 0.4) is 0 Å². The first-order valence-electron chi connectivity index (χ1n) is 10.3. The average molecular weight is 484 g/mol. The molecule has 1 saturated heterocycles. The molecule has 5 heterocycles. The summed E-state index contributed by atoms with van der Waals surface area (Å²) >= 11 is 1.53. The zero-order valence-electron chi connectivity index (χ0n) is 17.8. The lowest BCUT2D eigenvalue weighted by atomic mass is 10.00. The second-order valence-corrected chi connectivity index (χ2v) is 11.5. The van der Waals surface area contributed by atoms with E-state index in [-0.39, 0.29) is 52.9 Å². The molecule has 170 valence electrons. The van der Waals surface area contributed by atoms with E-state index in [0.717, 1.165) is 4.88 Å². The summed E-state index contributed by atoms with van der Waals surface area (Å²) < 4.78 is 24.0. The first kappa shape index (κ1) is 21.4. The van der Waals surface area contributed by atoms with Gasteiger partial charge in [0.1, 0.15) is 34.9 Å². The molecular weight excluding hydrogens is 462 g/mol. The van der Waals surface area contributed by atoms with Gasteiger partial charge >= 0.3 is 0 Å². The molecule has 2 aliphatic heterocycles. The highest BCUT2D eigenvalue weighted by molar-refractivity contribution is 7.91. The number of rotatable bonds is 4. The molecule has 0 bridgehead atoms. The van der Waals surface area contributed by atoms with Crippen molar-refractivity contribution >= 4 is 61.1 Å². The van der Waals surface area contributed by atoms with E-state index in [9.17, 15) is 18.5 Å². The minimum absolute atomic E-state index is 0.0162. The molecule has 5 rings (SSSR count). The third kappa shape index (κ3) is 3.44. The Morgan fingerprint density at radius 1 is 1.30 bits per heavy atom. The Hall–Kier alpha value is -3.43. The minimum atomic E-state index is -3.14. The number of hydrogen-bond donors (Lipinski definition) is 2. The number of hydrogen-bond acceptors (Lipinski definition) is 10. The molecule has 0 aromatic carbocycles. The monoisotopic (exact) mass is 483 g/mol. The molecule has 1 fully saturated rings. The number of sulfone groups is 1. The number of nitriles is 1. The van der Waals surface area contributed by atoms with Gasteiger partial charge < -0.3 is 16.4 Å². The van der Waals surface area contributed by atoms with E-state index < -0.39 is 9.84 Å². The molecule has 0 aliphatic carbocycles. The number of thiophene rings is 1. The fourth-order valence-corrected chi connectivity index (χ4v) is 7.06. The van der Waals surface area contributed by atoms with E-state index in [1.165, 1.54) is 11.3 Å². The van der Waals surface area contributed by atoms with Crippen molar-refractivity contribution in [1.29, 1.82) is 5.26 Å². The van der Waals surface area contributed by atoms with Gasteiger partial charge in [0.05, 0.1) is 29.9 Å². The number of carbonyl (C=O) groups excluding carboxylic acids is 1. The van der Waals surface area contributed by atoms with Crippen molar-refractivity contribution in [3.63, 3.8) is 0 Å². The molecule has 2 aliphatic rings. The van der Waals surface area contributed by atoms with Gasteiger partial charge in [-0.15, -0.1) is 11.3 Å². The number of amides is 1. The molecule has 33 heavy (non-hydrogen) atoms. The second-order valence-electron chi connectivity index (χ2n) is 8.26. The highest BCUT2D eigenvalue weighted by Crippen LogP contribution is 2.42. The standard InChI is InChI=1S/C21H21N7O3S2/c1-27(11-4-6-33(30,31)10-11)20-14(8-22)16-13-7-15(29)28(9-12-3-2-5-32-12)21(13)26-19(24)17(16)18(23)25-20/h2-3,5,11H,4,6-7,9-10H2,1H3,(H2,23,25)(H2,24,26)/t11-/m1/s1. The summed E-state index contributed by atoms with van der Waals surface area (Å²) in [7, 11) is -1.43. The van der Waals surface area contributed by atoms with Crippen molar-refractivity contribution in [3.05, 3.63) is 33.5 Å². The molecule has 3 aromatic rings. The summed E-state index contributed by atoms with van der Waals surface area (Å²) in [6.07, 6.45) is 0.497. The topological polar surface area (TPSA) is 159 Å². The highest BCUT2D eigenvalue weighted by atomic mass is 32.2. The summed E-state index contributed by atoms with van der Waals surface area (Å²) in [5.74, 6) is 0.800. The van der Waals surface area contributed by atoms with Crippen molar-refractivity contribution in [2.75, 3.05) is 39.8 Å². The molecule has 0 radical (unpaired) electrons. The maximum atomic E-state index is 12.9. The molecule has 0 unspecified atom stereocenters. The molecule has 1 atom stereocenters. The smallest absolute Gasteiger partial charge is 0.233 e. The average Bonchev–Trinajstić information content (AvgIpc) is 3.48. The summed E-state index contributed by atoms with van der Waals surface area (Å²) in [4.78, 5) is 26.1. The van der Waals surface area contributed by atoms with E-state index in [1.807, 2.05) is 17.5 Å². The van der Waals surface area contributed by atoms with Crippen molar-refractivity contribution in [2.24, 2.45) is 0 Å². The Kier molecular flexibility index (Phi) is 4.91. The van der Waals surface area contributed by atoms with Crippen LogP contribution in [0.4, 0.5) is 23.3 Å². The fraction of sp³-hybridized carbons (Fsp3) is 0.333. The second kappa shape index (κ2) is 7.57. The number of fused-ring (bicyclic) bond motifs is 3. The minimum Gasteiger partial charge on any atom is -0.383 e. The number of nitrogens with two attached hydrogens (primary N) is 2. The SMILES string of the molecule is CN(c1nc(N)c2c(N)nc3c(c2c1C#N)CC(=O)N3Cc1cccs1)[C@@H]1CCS(=O)(=O)C1. The van der Waals surface area contributed by atoms with E-state index in [0.29, 0.717) is 35.1 Å². The van der Waals surface area contributed by atoms with Gasteiger partial charge in [0.2, 0.25) is 5.91 Å². The lowest BCUT2D eigenvalue weighted by Crippen LogP contribution is -2.34. The zero-order valence-corrected chi connectivity index (χ0v) is 19.4. The Morgan fingerprint density at radius 2 is 2.06 bits per heavy atom. The van der Waals surface area contributed by atoms with Gasteiger partial charge in [-0.05, 0) is 17.9 Å². The first-order chi connectivity index (χ1) is 15.7. The molecule has 3 aromatic heterocycles. The fourth-order valence-electron chi connectivity index (χ4n) is 4.59. The van der Waals surface area contributed by atoms with Crippen LogP contribution in [0.25, 0.3) is 10.8 Å². The molecule has 0 saturated carbocycles. The number of aromatic nitrogens is 2. The van der Waals surface area contributed by atoms with Crippen LogP contribution in [0, 0.1) is 11.3 Å². The molecular formula is C21H21N7O3S2. The van der Waals surface area contributed by atoms with Crippen LogP contribution in [0.5, 0.6) is 0 Å². The van der Waals surface area contributed by atoms with Crippen LogP contribution in [0.15, 0.2) is 17.5 Å². The van der Waals surface area contributed by atoms with Gasteiger partial charge in [-0.1, -0.05) is 6.07 Å².